The van der Waals surface area contributed by atoms with Gasteiger partial charge >= 0.3 is 200 Å². The van der Waals surface area contributed by atoms with Crippen LogP contribution in [0.25, 0.3) is 16.2 Å². The summed E-state index contributed by atoms with van der Waals surface area (Å²) >= 11 is 15.3. The summed E-state index contributed by atoms with van der Waals surface area (Å²) in [6, 6.07) is 29.9. The van der Waals surface area contributed by atoms with E-state index in [1.54, 1.807) is 12.3 Å². The summed E-state index contributed by atoms with van der Waals surface area (Å²) in [5.41, 5.74) is 1.26. The number of fused-ring (bicyclic) bond motifs is 1. The molecule has 0 saturated heterocycles. The van der Waals surface area contributed by atoms with E-state index in [9.17, 15) is 4.79 Å². The number of thiazole rings is 1. The Hall–Kier alpha value is -2.49. The molecule has 160 valence electrons. The van der Waals surface area contributed by atoms with Gasteiger partial charge in [-0.05, 0) is 0 Å². The van der Waals surface area contributed by atoms with Gasteiger partial charge in [0.2, 0.25) is 0 Å². The van der Waals surface area contributed by atoms with Gasteiger partial charge in [-0.2, -0.15) is 0 Å². The fourth-order valence-corrected chi connectivity index (χ4v) is 10.1. The molecule has 5 rings (SSSR count). The van der Waals surface area contributed by atoms with Crippen molar-refractivity contribution in [2.45, 2.75) is 0 Å². The monoisotopic (exact) mass is 496 g/mol. The van der Waals surface area contributed by atoms with E-state index in [0.717, 1.165) is 21.5 Å². The van der Waals surface area contributed by atoms with Crippen LogP contribution in [0, 0.1) is 0 Å². The molecule has 2 heterocycles. The van der Waals surface area contributed by atoms with Crippen molar-refractivity contribution in [3.8, 4) is 11.3 Å². The molecule has 0 spiro atoms. The average molecular weight is 497 g/mol. The Balaban J connectivity index is 1.86. The van der Waals surface area contributed by atoms with Crippen molar-refractivity contribution in [1.29, 1.82) is 0 Å². The van der Waals surface area contributed by atoms with Crippen LogP contribution in [0.15, 0.2) is 102 Å². The topological polar surface area (TPSA) is 34.4 Å². The summed E-state index contributed by atoms with van der Waals surface area (Å²) in [5.74, 6) is -3.40. The summed E-state index contributed by atoms with van der Waals surface area (Å²) in [6.45, 7) is 2.14. The van der Waals surface area contributed by atoms with Gasteiger partial charge in [-0.3, -0.25) is 0 Å². The van der Waals surface area contributed by atoms with Gasteiger partial charge in [0, 0.05) is 0 Å². The SMILES string of the molecule is CP(Cl)(c1ccccc1)(c1ccccc1)c1ccccc1-c1cc(=O)n2cc(Cl)sc2n1. The maximum absolute atomic E-state index is 12.8. The van der Waals surface area contributed by atoms with E-state index < -0.39 is 5.96 Å². The molecule has 0 unspecified atom stereocenters. The molecule has 0 aliphatic carbocycles. The third kappa shape index (κ3) is 3.30. The van der Waals surface area contributed by atoms with Crippen LogP contribution >= 0.6 is 40.1 Å². The van der Waals surface area contributed by atoms with Crippen LogP contribution in [0.5, 0.6) is 0 Å². The first kappa shape index (κ1) is 21.4. The van der Waals surface area contributed by atoms with Crippen molar-refractivity contribution in [2.24, 2.45) is 0 Å². The molecule has 0 amide bonds. The zero-order chi connectivity index (χ0) is 22.4. The predicted octanol–water partition coefficient (Wildman–Crippen LogP) is 5.69. The molecule has 2 aromatic heterocycles. The zero-order valence-corrected chi connectivity index (χ0v) is 20.4. The van der Waals surface area contributed by atoms with Gasteiger partial charge in [0.1, 0.15) is 0 Å². The normalized spacial score (nSPS) is 13.0. The first-order valence-corrected chi connectivity index (χ1v) is 14.8. The molecular formula is C25H19Cl2N2OPS. The third-order valence-corrected chi connectivity index (χ3v) is 13.2. The Morgan fingerprint density at radius 2 is 1.44 bits per heavy atom. The first-order chi connectivity index (χ1) is 15.4. The van der Waals surface area contributed by atoms with E-state index in [1.807, 2.05) is 54.6 Å². The van der Waals surface area contributed by atoms with Crippen molar-refractivity contribution in [3.05, 3.63) is 112 Å². The quantitative estimate of drug-likeness (QED) is 0.299. The molecular weight excluding hydrogens is 478 g/mol. The summed E-state index contributed by atoms with van der Waals surface area (Å²) in [7, 11) is 0. The van der Waals surface area contributed by atoms with Crippen molar-refractivity contribution in [2.75, 3.05) is 6.66 Å². The van der Waals surface area contributed by atoms with Crippen LogP contribution < -0.4 is 21.5 Å². The molecule has 5 aromatic rings. The van der Waals surface area contributed by atoms with Gasteiger partial charge in [-0.15, -0.1) is 0 Å². The van der Waals surface area contributed by atoms with Crippen molar-refractivity contribution < 1.29 is 0 Å². The second kappa shape index (κ2) is 7.83. The molecule has 0 saturated carbocycles. The first-order valence-electron chi connectivity index (χ1n) is 10.0. The Morgan fingerprint density at radius 3 is 2.06 bits per heavy atom. The van der Waals surface area contributed by atoms with Crippen LogP contribution in [0.3, 0.4) is 0 Å². The molecule has 7 heteroatoms. The maximum atomic E-state index is 12.8. The Kier molecular flexibility index (Phi) is 5.22. The van der Waals surface area contributed by atoms with Gasteiger partial charge in [0.15, 0.2) is 0 Å². The van der Waals surface area contributed by atoms with E-state index >= 15 is 0 Å². The molecule has 0 N–H and O–H groups in total. The summed E-state index contributed by atoms with van der Waals surface area (Å²) in [4.78, 5) is 18.1. The number of rotatable bonds is 4. The van der Waals surface area contributed by atoms with Crippen LogP contribution in [0.4, 0.5) is 0 Å². The summed E-state index contributed by atoms with van der Waals surface area (Å²) in [6.07, 6.45) is 1.60. The van der Waals surface area contributed by atoms with Crippen LogP contribution in [0.2, 0.25) is 4.34 Å². The van der Waals surface area contributed by atoms with Crippen LogP contribution in [0.1, 0.15) is 0 Å². The van der Waals surface area contributed by atoms with E-state index in [0.29, 0.717) is 15.0 Å². The van der Waals surface area contributed by atoms with Crippen molar-refractivity contribution >= 4 is 61.0 Å². The number of hydrogen-bond acceptors (Lipinski definition) is 3. The van der Waals surface area contributed by atoms with E-state index in [1.165, 1.54) is 15.7 Å². The zero-order valence-electron chi connectivity index (χ0n) is 17.2. The van der Waals surface area contributed by atoms with Gasteiger partial charge in [-0.1, -0.05) is 0 Å². The minimum atomic E-state index is -3.40. The number of halogens is 2. The Labute approximate surface area is 199 Å². The second-order valence-electron chi connectivity index (χ2n) is 7.78. The van der Waals surface area contributed by atoms with Gasteiger partial charge in [0.05, 0.1) is 0 Å². The summed E-state index contributed by atoms with van der Waals surface area (Å²) < 4.78 is 1.99. The molecule has 0 aliphatic heterocycles. The Morgan fingerprint density at radius 1 is 0.875 bits per heavy atom. The van der Waals surface area contributed by atoms with Gasteiger partial charge in [0.25, 0.3) is 0 Å². The van der Waals surface area contributed by atoms with Crippen LogP contribution in [-0.4, -0.2) is 16.0 Å². The van der Waals surface area contributed by atoms with Gasteiger partial charge < -0.3 is 0 Å². The second-order valence-corrected chi connectivity index (χ2v) is 16.3. The molecule has 0 fully saturated rings. The van der Waals surface area contributed by atoms with E-state index in [4.69, 9.17) is 27.8 Å². The Bertz CT molecular complexity index is 1450. The molecule has 0 radical (unpaired) electrons. The number of benzene rings is 3. The minimum absolute atomic E-state index is 0.173. The van der Waals surface area contributed by atoms with Crippen LogP contribution in [-0.2, 0) is 0 Å². The number of nitrogens with zero attached hydrogens (tertiary/aromatic N) is 2. The van der Waals surface area contributed by atoms with E-state index in [2.05, 4.69) is 37.0 Å². The van der Waals surface area contributed by atoms with Crippen molar-refractivity contribution in [3.63, 3.8) is 0 Å². The number of aromatic nitrogens is 2. The number of hydrogen-bond donors (Lipinski definition) is 0. The molecule has 0 aliphatic rings. The fraction of sp³-hybridized carbons (Fsp3) is 0.0400. The molecule has 3 nitrogen and oxygen atoms in total. The fourth-order valence-electron chi connectivity index (χ4n) is 4.16. The third-order valence-electron chi connectivity index (χ3n) is 5.83. The molecule has 3 aromatic carbocycles. The predicted molar refractivity (Wildman–Crippen MR) is 140 cm³/mol. The van der Waals surface area contributed by atoms with Crippen molar-refractivity contribution in [1.82, 2.24) is 9.38 Å². The average Bonchev–Trinajstić information content (AvgIpc) is 3.21. The van der Waals surface area contributed by atoms with E-state index in [-0.39, 0.29) is 5.56 Å². The standard InChI is InChI=1S/C25H19Cl2N2OPS/c1-31(27,18-10-4-2-5-11-18,19-12-6-3-7-13-19)22-15-9-8-14-20(22)21-16-24(30)29-17-23(26)32-25(29)28-21/h2-17H,1H3. The molecule has 0 atom stereocenters. The molecule has 0 bridgehead atoms. The van der Waals surface area contributed by atoms with Gasteiger partial charge in [-0.25, -0.2) is 0 Å². The summed E-state index contributed by atoms with van der Waals surface area (Å²) in [5, 5.41) is 3.07. The molecule has 32 heavy (non-hydrogen) atoms.